The molecule has 0 radical (unpaired) electrons. The number of ketones is 1. The van der Waals surface area contributed by atoms with Crippen molar-refractivity contribution in [3.05, 3.63) is 76.6 Å². The van der Waals surface area contributed by atoms with E-state index in [1.165, 1.54) is 12.1 Å². The number of hydrogen-bond donors (Lipinski definition) is 0. The molecule has 0 fully saturated rings. The monoisotopic (exact) mass is 252 g/mol. The molecule has 0 spiro atoms. The van der Waals surface area contributed by atoms with Gasteiger partial charge in [-0.2, -0.15) is 0 Å². The molecule has 3 rings (SSSR count). The molecule has 94 valence electrons. The summed E-state index contributed by atoms with van der Waals surface area (Å²) in [5.41, 5.74) is 5.16. The number of rotatable bonds is 2. The Balaban J connectivity index is 2.02. The predicted molar refractivity (Wildman–Crippen MR) is 73.6 cm³/mol. The van der Waals surface area contributed by atoms with Gasteiger partial charge in [0, 0.05) is 5.56 Å². The van der Waals surface area contributed by atoms with Gasteiger partial charge in [0.05, 0.1) is 0 Å². The van der Waals surface area contributed by atoms with Crippen molar-refractivity contribution < 1.29 is 9.18 Å². The molecule has 2 aromatic carbocycles. The quantitative estimate of drug-likeness (QED) is 0.738. The Morgan fingerprint density at radius 3 is 2.53 bits per heavy atom. The van der Waals surface area contributed by atoms with Crippen LogP contribution in [0.1, 0.15) is 34.0 Å². The van der Waals surface area contributed by atoms with E-state index in [1.54, 1.807) is 19.1 Å². The van der Waals surface area contributed by atoms with Gasteiger partial charge in [-0.05, 0) is 53.8 Å². The molecule has 1 aliphatic rings. The first kappa shape index (κ1) is 11.8. The molecule has 19 heavy (non-hydrogen) atoms. The maximum Gasteiger partial charge on any atom is 0.159 e. The Labute approximate surface area is 111 Å². The van der Waals surface area contributed by atoms with Gasteiger partial charge in [-0.1, -0.05) is 30.3 Å². The van der Waals surface area contributed by atoms with Crippen molar-refractivity contribution in [2.24, 2.45) is 0 Å². The van der Waals surface area contributed by atoms with Crippen LogP contribution in [-0.4, -0.2) is 5.78 Å². The van der Waals surface area contributed by atoms with Crippen LogP contribution in [0, 0.1) is 5.82 Å². The maximum absolute atomic E-state index is 13.0. The number of carbonyl (C=O) groups excluding carboxylic acids is 1. The molecule has 0 amide bonds. The minimum atomic E-state index is -0.227. The standard InChI is InChI=1S/C17H13FO/c1-11(19)13-4-8-17-14(10-13)5-9-16(17)12-2-6-15(18)7-3-12/h2-4,6-10H,5H2,1H3. The Bertz CT molecular complexity index is 681. The van der Waals surface area contributed by atoms with Gasteiger partial charge in [-0.3, -0.25) is 4.79 Å². The molecule has 0 aromatic heterocycles. The maximum atomic E-state index is 13.0. The van der Waals surface area contributed by atoms with Gasteiger partial charge in [0.15, 0.2) is 5.78 Å². The minimum absolute atomic E-state index is 0.0815. The van der Waals surface area contributed by atoms with Gasteiger partial charge < -0.3 is 0 Å². The zero-order valence-electron chi connectivity index (χ0n) is 10.6. The Hall–Kier alpha value is -2.22. The van der Waals surface area contributed by atoms with Crippen LogP contribution in [-0.2, 0) is 6.42 Å². The number of carbonyl (C=O) groups is 1. The third-order valence-electron chi connectivity index (χ3n) is 3.48. The number of fused-ring (bicyclic) bond motifs is 1. The van der Waals surface area contributed by atoms with Gasteiger partial charge in [0.2, 0.25) is 0 Å². The van der Waals surface area contributed by atoms with E-state index in [2.05, 4.69) is 6.08 Å². The summed E-state index contributed by atoms with van der Waals surface area (Å²) in [7, 11) is 0. The lowest BCUT2D eigenvalue weighted by Gasteiger charge is -2.07. The van der Waals surface area contributed by atoms with E-state index in [0.29, 0.717) is 0 Å². The van der Waals surface area contributed by atoms with Crippen LogP contribution in [0.3, 0.4) is 0 Å². The molecule has 0 aliphatic heterocycles. The van der Waals surface area contributed by atoms with Crippen LogP contribution in [0.25, 0.3) is 5.57 Å². The lowest BCUT2D eigenvalue weighted by atomic mass is 9.97. The number of Topliss-reactive ketones (excluding diaryl/α,β-unsaturated/α-hetero) is 1. The summed E-state index contributed by atoms with van der Waals surface area (Å²) in [5.74, 6) is -0.146. The van der Waals surface area contributed by atoms with Crippen molar-refractivity contribution >= 4 is 11.4 Å². The first-order valence-corrected chi connectivity index (χ1v) is 6.25. The Kier molecular flexibility index (Phi) is 2.79. The van der Waals surface area contributed by atoms with Crippen LogP contribution in [0.2, 0.25) is 0 Å². The molecule has 0 saturated heterocycles. The van der Waals surface area contributed by atoms with Crippen LogP contribution in [0.5, 0.6) is 0 Å². The van der Waals surface area contributed by atoms with Gasteiger partial charge in [-0.25, -0.2) is 4.39 Å². The normalized spacial score (nSPS) is 13.1. The van der Waals surface area contributed by atoms with Crippen molar-refractivity contribution in [1.29, 1.82) is 0 Å². The highest BCUT2D eigenvalue weighted by Crippen LogP contribution is 2.33. The molecule has 0 heterocycles. The van der Waals surface area contributed by atoms with E-state index in [4.69, 9.17) is 0 Å². The zero-order valence-corrected chi connectivity index (χ0v) is 10.6. The molecule has 2 heteroatoms. The fourth-order valence-corrected chi connectivity index (χ4v) is 2.47. The number of allylic oxidation sites excluding steroid dienone is 1. The number of hydrogen-bond acceptors (Lipinski definition) is 1. The Morgan fingerprint density at radius 1 is 1.11 bits per heavy atom. The molecule has 0 saturated carbocycles. The van der Waals surface area contributed by atoms with E-state index < -0.39 is 0 Å². The smallest absolute Gasteiger partial charge is 0.159 e. The summed E-state index contributed by atoms with van der Waals surface area (Å²) >= 11 is 0. The van der Waals surface area contributed by atoms with Crippen molar-refractivity contribution in [3.8, 4) is 0 Å². The average Bonchev–Trinajstić information content (AvgIpc) is 2.82. The molecule has 1 aliphatic carbocycles. The largest absolute Gasteiger partial charge is 0.295 e. The minimum Gasteiger partial charge on any atom is -0.295 e. The van der Waals surface area contributed by atoms with Crippen LogP contribution >= 0.6 is 0 Å². The summed E-state index contributed by atoms with van der Waals surface area (Å²) in [6, 6.07) is 12.3. The van der Waals surface area contributed by atoms with E-state index in [0.717, 1.165) is 34.2 Å². The molecule has 0 bridgehead atoms. The van der Waals surface area contributed by atoms with Crippen molar-refractivity contribution in [2.45, 2.75) is 13.3 Å². The first-order valence-electron chi connectivity index (χ1n) is 6.25. The predicted octanol–water partition coefficient (Wildman–Crippen LogP) is 4.02. The van der Waals surface area contributed by atoms with Gasteiger partial charge in [-0.15, -0.1) is 0 Å². The van der Waals surface area contributed by atoms with E-state index in [9.17, 15) is 9.18 Å². The lowest BCUT2D eigenvalue weighted by molar-refractivity contribution is 0.101. The second-order valence-corrected chi connectivity index (χ2v) is 4.76. The fraction of sp³-hybridized carbons (Fsp3) is 0.118. The molecular formula is C17H13FO. The number of benzene rings is 2. The van der Waals surface area contributed by atoms with Crippen LogP contribution in [0.4, 0.5) is 4.39 Å². The summed E-state index contributed by atoms with van der Waals surface area (Å²) in [4.78, 5) is 11.4. The summed E-state index contributed by atoms with van der Waals surface area (Å²) in [6.45, 7) is 1.57. The average molecular weight is 252 g/mol. The SMILES string of the molecule is CC(=O)c1ccc2c(c1)CC=C2c1ccc(F)cc1. The first-order chi connectivity index (χ1) is 9.15. The molecule has 0 atom stereocenters. The van der Waals surface area contributed by atoms with Crippen molar-refractivity contribution in [1.82, 2.24) is 0 Å². The van der Waals surface area contributed by atoms with E-state index in [1.807, 2.05) is 18.2 Å². The molecular weight excluding hydrogens is 239 g/mol. The zero-order chi connectivity index (χ0) is 13.4. The topological polar surface area (TPSA) is 17.1 Å². The third-order valence-corrected chi connectivity index (χ3v) is 3.48. The van der Waals surface area contributed by atoms with Crippen LogP contribution in [0.15, 0.2) is 48.5 Å². The highest BCUT2D eigenvalue weighted by Gasteiger charge is 2.16. The highest BCUT2D eigenvalue weighted by atomic mass is 19.1. The summed E-state index contributed by atoms with van der Waals surface area (Å²) in [6.07, 6.45) is 2.95. The highest BCUT2D eigenvalue weighted by molar-refractivity contribution is 5.95. The fourth-order valence-electron chi connectivity index (χ4n) is 2.47. The molecule has 2 aromatic rings. The van der Waals surface area contributed by atoms with Crippen LogP contribution < -0.4 is 0 Å². The van der Waals surface area contributed by atoms with Gasteiger partial charge in [0.1, 0.15) is 5.82 Å². The number of halogens is 1. The summed E-state index contributed by atoms with van der Waals surface area (Å²) in [5, 5.41) is 0. The van der Waals surface area contributed by atoms with Crippen molar-refractivity contribution in [3.63, 3.8) is 0 Å². The molecule has 0 unspecified atom stereocenters. The summed E-state index contributed by atoms with van der Waals surface area (Å²) < 4.78 is 13.0. The Morgan fingerprint density at radius 2 is 1.84 bits per heavy atom. The van der Waals surface area contributed by atoms with E-state index in [-0.39, 0.29) is 11.6 Å². The second-order valence-electron chi connectivity index (χ2n) is 4.76. The second kappa shape index (κ2) is 4.47. The lowest BCUT2D eigenvalue weighted by Crippen LogP contribution is -1.95. The third kappa shape index (κ3) is 2.10. The van der Waals surface area contributed by atoms with Crippen molar-refractivity contribution in [2.75, 3.05) is 0 Å². The molecule has 1 nitrogen and oxygen atoms in total. The van der Waals surface area contributed by atoms with Gasteiger partial charge >= 0.3 is 0 Å². The van der Waals surface area contributed by atoms with E-state index >= 15 is 0 Å². The van der Waals surface area contributed by atoms with Gasteiger partial charge in [0.25, 0.3) is 0 Å². The molecule has 0 N–H and O–H groups in total.